The minimum Gasteiger partial charge on any atom is -0.398 e. The summed E-state index contributed by atoms with van der Waals surface area (Å²) in [6.45, 7) is 0.828. The van der Waals surface area contributed by atoms with Crippen LogP contribution in [0.15, 0.2) is 59.8 Å². The predicted molar refractivity (Wildman–Crippen MR) is 129 cm³/mol. The third-order valence-electron chi connectivity index (χ3n) is 6.29. The smallest absolute Gasteiger partial charge is 0.261 e. The largest absolute Gasteiger partial charge is 0.398 e. The number of hydrogen-bond donors (Lipinski definition) is 3. The Hall–Kier alpha value is -3.69. The molecule has 0 atom stereocenters. The molecule has 5 rings (SSSR count). The van der Waals surface area contributed by atoms with Crippen molar-refractivity contribution in [2.45, 2.75) is 24.9 Å². The van der Waals surface area contributed by atoms with E-state index in [-0.39, 0.29) is 11.5 Å². The summed E-state index contributed by atoms with van der Waals surface area (Å²) in [6, 6.07) is 12.5. The van der Waals surface area contributed by atoms with E-state index in [2.05, 4.69) is 15.1 Å². The summed E-state index contributed by atoms with van der Waals surface area (Å²) in [5, 5.41) is 16.4. The monoisotopic (exact) mass is 478 g/mol. The van der Waals surface area contributed by atoms with Gasteiger partial charge in [-0.3, -0.25) is 9.59 Å². The zero-order chi connectivity index (χ0) is 23.9. The number of nitrogens with zero attached hydrogens (tertiary/aromatic N) is 4. The molecule has 9 nitrogen and oxygen atoms in total. The topological polar surface area (TPSA) is 130 Å². The molecule has 0 spiro atoms. The average Bonchev–Trinajstić information content (AvgIpc) is 3.26. The highest BCUT2D eigenvalue weighted by Crippen LogP contribution is 2.29. The summed E-state index contributed by atoms with van der Waals surface area (Å²) in [7, 11) is 0. The van der Waals surface area contributed by atoms with Crippen LogP contribution in [0.3, 0.4) is 0 Å². The summed E-state index contributed by atoms with van der Waals surface area (Å²) in [5.74, 6) is -0.183. The molecule has 2 aromatic heterocycles. The minimum absolute atomic E-state index is 0.183. The number of likely N-dealkylation sites (tertiary alicyclic amines) is 1. The van der Waals surface area contributed by atoms with Crippen LogP contribution in [0, 0.1) is 0 Å². The Balaban J connectivity index is 1.31. The first-order chi connectivity index (χ1) is 16.3. The number of nitrogen functional groups attached to an aromatic ring is 1. The molecule has 4 N–H and O–H groups in total. The number of hydrogen-bond acceptors (Lipinski definition) is 6. The van der Waals surface area contributed by atoms with Gasteiger partial charge in [0, 0.05) is 30.2 Å². The van der Waals surface area contributed by atoms with Crippen molar-refractivity contribution in [1.29, 1.82) is 0 Å². The van der Waals surface area contributed by atoms with Crippen molar-refractivity contribution < 1.29 is 9.90 Å². The van der Waals surface area contributed by atoms with Gasteiger partial charge in [0.05, 0.1) is 29.4 Å². The summed E-state index contributed by atoms with van der Waals surface area (Å²) >= 11 is 6.03. The summed E-state index contributed by atoms with van der Waals surface area (Å²) in [4.78, 5) is 33.4. The van der Waals surface area contributed by atoms with Crippen LogP contribution in [0.25, 0.3) is 16.7 Å². The van der Waals surface area contributed by atoms with Crippen LogP contribution in [0.4, 0.5) is 5.69 Å². The number of amides is 1. The Morgan fingerprint density at radius 2 is 2.00 bits per heavy atom. The van der Waals surface area contributed by atoms with Crippen LogP contribution in [0.5, 0.6) is 0 Å². The van der Waals surface area contributed by atoms with E-state index in [9.17, 15) is 14.7 Å². The van der Waals surface area contributed by atoms with Crippen LogP contribution in [-0.2, 0) is 6.42 Å². The van der Waals surface area contributed by atoms with Gasteiger partial charge < -0.3 is 20.7 Å². The molecule has 174 valence electrons. The summed E-state index contributed by atoms with van der Waals surface area (Å²) in [6.07, 6.45) is 4.13. The highest BCUT2D eigenvalue weighted by Gasteiger charge is 2.34. The number of aromatic nitrogens is 4. The number of carbonyl (C=O) groups is 1. The van der Waals surface area contributed by atoms with Gasteiger partial charge >= 0.3 is 0 Å². The zero-order valence-corrected chi connectivity index (χ0v) is 19.0. The number of rotatable bonds is 4. The lowest BCUT2D eigenvalue weighted by atomic mass is 9.85. The van der Waals surface area contributed by atoms with Crippen molar-refractivity contribution >= 4 is 34.2 Å². The molecule has 1 aliphatic rings. The second-order valence-electron chi connectivity index (χ2n) is 8.62. The van der Waals surface area contributed by atoms with Gasteiger partial charge in [0.1, 0.15) is 5.39 Å². The van der Waals surface area contributed by atoms with Gasteiger partial charge in [-0.05, 0) is 48.7 Å². The van der Waals surface area contributed by atoms with E-state index in [1.54, 1.807) is 27.8 Å². The molecule has 1 amide bonds. The van der Waals surface area contributed by atoms with E-state index in [1.807, 2.05) is 24.3 Å². The van der Waals surface area contributed by atoms with Crippen molar-refractivity contribution in [2.75, 3.05) is 18.8 Å². The third-order valence-corrected chi connectivity index (χ3v) is 6.52. The number of benzene rings is 2. The normalized spacial score (nSPS) is 15.5. The van der Waals surface area contributed by atoms with Crippen molar-refractivity contribution in [3.05, 3.63) is 81.5 Å². The lowest BCUT2D eigenvalue weighted by molar-refractivity contribution is -0.0162. The van der Waals surface area contributed by atoms with Gasteiger partial charge in [-0.2, -0.15) is 5.10 Å². The summed E-state index contributed by atoms with van der Waals surface area (Å²) in [5.41, 5.74) is 7.67. The molecule has 34 heavy (non-hydrogen) atoms. The highest BCUT2D eigenvalue weighted by atomic mass is 35.5. The summed E-state index contributed by atoms with van der Waals surface area (Å²) < 4.78 is 1.61. The molecule has 3 heterocycles. The van der Waals surface area contributed by atoms with Crippen LogP contribution >= 0.6 is 11.6 Å². The number of nitrogens with two attached hydrogens (primary N) is 1. The second-order valence-corrected chi connectivity index (χ2v) is 9.06. The maximum absolute atomic E-state index is 12.9. The van der Waals surface area contributed by atoms with Crippen molar-refractivity contribution in [1.82, 2.24) is 24.6 Å². The van der Waals surface area contributed by atoms with Crippen LogP contribution in [0.2, 0.25) is 5.02 Å². The second kappa shape index (κ2) is 8.58. The van der Waals surface area contributed by atoms with Gasteiger partial charge in [-0.15, -0.1) is 0 Å². The fourth-order valence-corrected chi connectivity index (χ4v) is 4.58. The Kier molecular flexibility index (Phi) is 5.59. The Morgan fingerprint density at radius 3 is 2.79 bits per heavy atom. The molecule has 0 saturated carbocycles. The predicted octanol–water partition coefficient (Wildman–Crippen LogP) is 2.55. The van der Waals surface area contributed by atoms with Crippen molar-refractivity contribution in [3.63, 3.8) is 0 Å². The average molecular weight is 479 g/mol. The molecule has 0 radical (unpaired) electrons. The van der Waals surface area contributed by atoms with Crippen LogP contribution in [0.1, 0.15) is 28.8 Å². The van der Waals surface area contributed by atoms with Gasteiger partial charge in [-0.25, -0.2) is 9.67 Å². The van der Waals surface area contributed by atoms with Gasteiger partial charge in [0.2, 0.25) is 0 Å². The van der Waals surface area contributed by atoms with E-state index >= 15 is 0 Å². The Bertz CT molecular complexity index is 1440. The number of halogens is 1. The number of nitrogens with one attached hydrogen (secondary N) is 1. The molecule has 0 bridgehead atoms. The number of aliphatic hydroxyl groups is 1. The van der Waals surface area contributed by atoms with Gasteiger partial charge in [0.15, 0.2) is 5.65 Å². The van der Waals surface area contributed by atoms with Crippen molar-refractivity contribution in [2.24, 2.45) is 0 Å². The molecule has 2 aromatic carbocycles. The molecule has 1 aliphatic heterocycles. The highest BCUT2D eigenvalue weighted by molar-refractivity contribution is 6.31. The van der Waals surface area contributed by atoms with E-state index < -0.39 is 5.60 Å². The molecular formula is C24H23ClN6O3. The standard InChI is InChI=1S/C24H23ClN6O3/c25-16-4-5-20(26)18(11-16)23(33)30-8-6-24(34,7-9-30)12-15-2-1-3-17(10-15)31-21-19(13-29-31)22(32)28-14-27-21/h1-5,10-11,13-14,34H,6-9,12,26H2,(H,27,28,32). The van der Waals surface area contributed by atoms with Crippen molar-refractivity contribution in [3.8, 4) is 5.69 Å². The van der Waals surface area contributed by atoms with E-state index in [4.69, 9.17) is 17.3 Å². The van der Waals surface area contributed by atoms with Crippen LogP contribution in [-0.4, -0.2) is 54.4 Å². The molecule has 0 unspecified atom stereocenters. The molecule has 1 fully saturated rings. The first-order valence-corrected chi connectivity index (χ1v) is 11.3. The Morgan fingerprint density at radius 1 is 1.21 bits per heavy atom. The first-order valence-electron chi connectivity index (χ1n) is 10.9. The van der Waals surface area contributed by atoms with Gasteiger partial charge in [-0.1, -0.05) is 23.7 Å². The number of carbonyl (C=O) groups excluding carboxylic acids is 1. The maximum atomic E-state index is 12.9. The molecule has 4 aromatic rings. The van der Waals surface area contributed by atoms with E-state index in [0.29, 0.717) is 59.7 Å². The zero-order valence-electron chi connectivity index (χ0n) is 18.2. The maximum Gasteiger partial charge on any atom is 0.261 e. The molecular weight excluding hydrogens is 456 g/mol. The van der Waals surface area contributed by atoms with Crippen LogP contribution < -0.4 is 11.3 Å². The quantitative estimate of drug-likeness (QED) is 0.386. The number of anilines is 1. The lowest BCUT2D eigenvalue weighted by Gasteiger charge is -2.38. The number of fused-ring (bicyclic) bond motifs is 1. The first kappa shape index (κ1) is 22.1. The molecule has 0 aliphatic carbocycles. The van der Waals surface area contributed by atoms with Gasteiger partial charge in [0.25, 0.3) is 11.5 Å². The number of piperidine rings is 1. The minimum atomic E-state index is -0.948. The van der Waals surface area contributed by atoms with E-state index in [1.165, 1.54) is 12.5 Å². The fraction of sp³-hybridized carbons (Fsp3) is 0.250. The van der Waals surface area contributed by atoms with E-state index in [0.717, 1.165) is 11.3 Å². The fourth-order valence-electron chi connectivity index (χ4n) is 4.41. The molecule has 10 heteroatoms. The number of H-pyrrole nitrogens is 1. The number of aromatic amines is 1. The molecule has 1 saturated heterocycles. The SMILES string of the molecule is Nc1ccc(Cl)cc1C(=O)N1CCC(O)(Cc2cccc(-n3ncc4c(=O)[nH]cnc43)c2)CC1. The third kappa shape index (κ3) is 4.15. The Labute approximate surface area is 199 Å². The lowest BCUT2D eigenvalue weighted by Crippen LogP contribution is -2.47.